The second kappa shape index (κ2) is 6.59. The van der Waals surface area contributed by atoms with E-state index in [4.69, 9.17) is 0 Å². The standard InChI is InChI=1S/C13H23N3/c1-5-7-13-15-10(2)12(11(3)16-13)8-6-9-14-4/h14H,5-9H2,1-4H3. The molecule has 0 aromatic carbocycles. The Bertz CT molecular complexity index is 311. The fourth-order valence-corrected chi connectivity index (χ4v) is 1.95. The Morgan fingerprint density at radius 2 is 1.69 bits per heavy atom. The van der Waals surface area contributed by atoms with E-state index < -0.39 is 0 Å². The molecule has 0 radical (unpaired) electrons. The summed E-state index contributed by atoms with van der Waals surface area (Å²) in [7, 11) is 1.99. The van der Waals surface area contributed by atoms with Crippen LogP contribution in [-0.4, -0.2) is 23.6 Å². The van der Waals surface area contributed by atoms with E-state index in [9.17, 15) is 0 Å². The van der Waals surface area contributed by atoms with Gasteiger partial charge in [-0.25, -0.2) is 9.97 Å². The molecule has 0 aliphatic heterocycles. The molecule has 16 heavy (non-hydrogen) atoms. The van der Waals surface area contributed by atoms with Gasteiger partial charge in [0.05, 0.1) is 0 Å². The van der Waals surface area contributed by atoms with Crippen LogP contribution in [0, 0.1) is 13.8 Å². The van der Waals surface area contributed by atoms with Gasteiger partial charge in [0.15, 0.2) is 0 Å². The summed E-state index contributed by atoms with van der Waals surface area (Å²) < 4.78 is 0. The van der Waals surface area contributed by atoms with E-state index in [0.29, 0.717) is 0 Å². The predicted octanol–water partition coefficient (Wildman–Crippen LogP) is 2.20. The molecule has 0 unspecified atom stereocenters. The minimum atomic E-state index is 0.985. The van der Waals surface area contributed by atoms with Crippen LogP contribution >= 0.6 is 0 Å². The molecule has 3 nitrogen and oxygen atoms in total. The summed E-state index contributed by atoms with van der Waals surface area (Å²) in [6.07, 6.45) is 4.32. The first-order valence-electron chi connectivity index (χ1n) is 6.16. The van der Waals surface area contributed by atoms with Crippen LogP contribution in [0.25, 0.3) is 0 Å². The molecule has 0 atom stereocenters. The predicted molar refractivity (Wildman–Crippen MR) is 67.7 cm³/mol. The summed E-state index contributed by atoms with van der Waals surface area (Å²) in [4.78, 5) is 9.14. The topological polar surface area (TPSA) is 37.8 Å². The fourth-order valence-electron chi connectivity index (χ4n) is 1.95. The SMILES string of the molecule is CCCc1nc(C)c(CCCNC)c(C)n1. The van der Waals surface area contributed by atoms with Crippen LogP contribution in [0.4, 0.5) is 0 Å². The van der Waals surface area contributed by atoms with Crippen molar-refractivity contribution in [3.05, 3.63) is 22.8 Å². The fraction of sp³-hybridized carbons (Fsp3) is 0.692. The lowest BCUT2D eigenvalue weighted by atomic mass is 10.1. The van der Waals surface area contributed by atoms with Crippen LogP contribution in [0.1, 0.15) is 42.5 Å². The Morgan fingerprint density at radius 3 is 2.19 bits per heavy atom. The summed E-state index contributed by atoms with van der Waals surface area (Å²) in [6.45, 7) is 7.41. The maximum Gasteiger partial charge on any atom is 0.128 e. The van der Waals surface area contributed by atoms with Gasteiger partial charge >= 0.3 is 0 Å². The van der Waals surface area contributed by atoms with Gasteiger partial charge in [0.25, 0.3) is 0 Å². The van der Waals surface area contributed by atoms with Gasteiger partial charge in [0.1, 0.15) is 5.82 Å². The first kappa shape index (κ1) is 13.1. The Morgan fingerprint density at radius 1 is 1.06 bits per heavy atom. The van der Waals surface area contributed by atoms with Gasteiger partial charge in [-0.05, 0) is 52.3 Å². The van der Waals surface area contributed by atoms with E-state index in [1.165, 1.54) is 5.56 Å². The third kappa shape index (κ3) is 3.56. The zero-order valence-corrected chi connectivity index (χ0v) is 10.9. The first-order chi connectivity index (χ1) is 7.69. The van der Waals surface area contributed by atoms with Crippen molar-refractivity contribution in [2.75, 3.05) is 13.6 Å². The molecule has 90 valence electrons. The molecule has 0 aliphatic carbocycles. The van der Waals surface area contributed by atoms with Gasteiger partial charge < -0.3 is 5.32 Å². The van der Waals surface area contributed by atoms with Crippen molar-refractivity contribution in [1.29, 1.82) is 0 Å². The van der Waals surface area contributed by atoms with E-state index in [2.05, 4.69) is 36.1 Å². The normalized spacial score (nSPS) is 10.8. The summed E-state index contributed by atoms with van der Waals surface area (Å²) in [6, 6.07) is 0. The molecule has 0 saturated carbocycles. The summed E-state index contributed by atoms with van der Waals surface area (Å²) in [5.41, 5.74) is 3.65. The third-order valence-electron chi connectivity index (χ3n) is 2.79. The van der Waals surface area contributed by atoms with E-state index in [0.717, 1.165) is 49.4 Å². The Hall–Kier alpha value is -0.960. The monoisotopic (exact) mass is 221 g/mol. The zero-order chi connectivity index (χ0) is 12.0. The molecule has 1 aromatic rings. The van der Waals surface area contributed by atoms with Gasteiger partial charge in [-0.3, -0.25) is 0 Å². The minimum absolute atomic E-state index is 0.985. The third-order valence-corrected chi connectivity index (χ3v) is 2.79. The largest absolute Gasteiger partial charge is 0.320 e. The van der Waals surface area contributed by atoms with Gasteiger partial charge in [-0.1, -0.05) is 6.92 Å². The molecule has 0 amide bonds. The highest BCUT2D eigenvalue weighted by molar-refractivity contribution is 5.24. The van der Waals surface area contributed by atoms with Crippen molar-refractivity contribution in [3.63, 3.8) is 0 Å². The van der Waals surface area contributed by atoms with Crippen molar-refractivity contribution in [2.45, 2.75) is 46.5 Å². The lowest BCUT2D eigenvalue weighted by Crippen LogP contribution is -2.11. The number of nitrogens with zero attached hydrogens (tertiary/aromatic N) is 2. The Labute approximate surface area is 98.7 Å². The van der Waals surface area contributed by atoms with Crippen LogP contribution < -0.4 is 5.32 Å². The number of nitrogens with one attached hydrogen (secondary N) is 1. The molecular formula is C13H23N3. The Kier molecular flexibility index (Phi) is 5.39. The number of aromatic nitrogens is 2. The second-order valence-electron chi connectivity index (χ2n) is 4.25. The average Bonchev–Trinajstić information content (AvgIpc) is 2.23. The molecular weight excluding hydrogens is 198 g/mol. The first-order valence-corrected chi connectivity index (χ1v) is 6.16. The Balaban J connectivity index is 2.77. The smallest absolute Gasteiger partial charge is 0.128 e. The molecule has 0 saturated heterocycles. The van der Waals surface area contributed by atoms with Gasteiger partial charge in [-0.15, -0.1) is 0 Å². The average molecular weight is 221 g/mol. The maximum atomic E-state index is 4.57. The van der Waals surface area contributed by atoms with Crippen LogP contribution in [-0.2, 0) is 12.8 Å². The number of aryl methyl sites for hydroxylation is 3. The zero-order valence-electron chi connectivity index (χ0n) is 10.9. The number of hydrogen-bond donors (Lipinski definition) is 1. The summed E-state index contributed by atoms with van der Waals surface area (Å²) in [5, 5.41) is 3.17. The molecule has 1 rings (SSSR count). The molecule has 0 spiro atoms. The molecule has 1 heterocycles. The van der Waals surface area contributed by atoms with Gasteiger partial charge in [0.2, 0.25) is 0 Å². The van der Waals surface area contributed by atoms with Crippen LogP contribution in [0.15, 0.2) is 0 Å². The van der Waals surface area contributed by atoms with Crippen molar-refractivity contribution in [1.82, 2.24) is 15.3 Å². The lowest BCUT2D eigenvalue weighted by Gasteiger charge is -2.10. The highest BCUT2D eigenvalue weighted by Gasteiger charge is 2.07. The van der Waals surface area contributed by atoms with E-state index in [1.54, 1.807) is 0 Å². The van der Waals surface area contributed by atoms with E-state index >= 15 is 0 Å². The van der Waals surface area contributed by atoms with Crippen LogP contribution in [0.2, 0.25) is 0 Å². The molecule has 1 N–H and O–H groups in total. The molecule has 1 aromatic heterocycles. The molecule has 0 fully saturated rings. The van der Waals surface area contributed by atoms with Crippen LogP contribution in [0.3, 0.4) is 0 Å². The number of rotatable bonds is 6. The molecule has 3 heteroatoms. The maximum absolute atomic E-state index is 4.57. The quantitative estimate of drug-likeness (QED) is 0.748. The second-order valence-corrected chi connectivity index (χ2v) is 4.25. The van der Waals surface area contributed by atoms with Gasteiger partial charge in [-0.2, -0.15) is 0 Å². The summed E-state index contributed by atoms with van der Waals surface area (Å²) in [5.74, 6) is 0.995. The van der Waals surface area contributed by atoms with Crippen molar-refractivity contribution >= 4 is 0 Å². The lowest BCUT2D eigenvalue weighted by molar-refractivity contribution is 0.709. The van der Waals surface area contributed by atoms with Crippen LogP contribution in [0.5, 0.6) is 0 Å². The van der Waals surface area contributed by atoms with E-state index in [-0.39, 0.29) is 0 Å². The molecule has 0 aliphatic rings. The highest BCUT2D eigenvalue weighted by atomic mass is 14.9. The van der Waals surface area contributed by atoms with Crippen molar-refractivity contribution in [2.24, 2.45) is 0 Å². The van der Waals surface area contributed by atoms with E-state index in [1.807, 2.05) is 7.05 Å². The number of hydrogen-bond acceptors (Lipinski definition) is 3. The minimum Gasteiger partial charge on any atom is -0.320 e. The highest BCUT2D eigenvalue weighted by Crippen LogP contribution is 2.13. The molecule has 0 bridgehead atoms. The van der Waals surface area contributed by atoms with Crippen molar-refractivity contribution < 1.29 is 0 Å². The summed E-state index contributed by atoms with van der Waals surface area (Å²) >= 11 is 0. The van der Waals surface area contributed by atoms with Crippen molar-refractivity contribution in [3.8, 4) is 0 Å². The van der Waals surface area contributed by atoms with Gasteiger partial charge in [0, 0.05) is 17.8 Å².